The average molecular weight is 436 g/mol. The molecule has 2 aromatic rings. The van der Waals surface area contributed by atoms with Crippen molar-refractivity contribution < 1.29 is 14.3 Å². The van der Waals surface area contributed by atoms with E-state index in [-0.39, 0.29) is 17.9 Å². The number of aryl methyl sites for hydroxylation is 1. The normalized spacial score (nSPS) is 16.4. The maximum atomic E-state index is 12.9. The van der Waals surface area contributed by atoms with Gasteiger partial charge in [-0.15, -0.1) is 22.7 Å². The molecular formula is C21H29N3O3S2. The molecule has 1 aliphatic heterocycles. The number of rotatable bonds is 6. The van der Waals surface area contributed by atoms with Gasteiger partial charge in [0.25, 0.3) is 5.91 Å². The Kier molecular flexibility index (Phi) is 7.10. The van der Waals surface area contributed by atoms with Crippen LogP contribution in [0, 0.1) is 12.3 Å². The summed E-state index contributed by atoms with van der Waals surface area (Å²) in [6.45, 7) is 11.2. The van der Waals surface area contributed by atoms with Gasteiger partial charge in [-0.3, -0.25) is 14.5 Å². The Morgan fingerprint density at radius 1 is 1.28 bits per heavy atom. The Morgan fingerprint density at radius 3 is 2.62 bits per heavy atom. The van der Waals surface area contributed by atoms with Crippen LogP contribution in [0.5, 0.6) is 0 Å². The van der Waals surface area contributed by atoms with E-state index in [1.165, 1.54) is 16.2 Å². The SMILES string of the molecule is Cc1cc(NC(=O)C(C)(C)C)sc1C(=O)NCC(c1cccs1)N1CCOCC1. The minimum Gasteiger partial charge on any atom is -0.379 e. The molecule has 2 amide bonds. The largest absolute Gasteiger partial charge is 0.379 e. The lowest BCUT2D eigenvalue weighted by Crippen LogP contribution is -2.43. The Morgan fingerprint density at radius 2 is 2.00 bits per heavy atom. The molecular weight excluding hydrogens is 406 g/mol. The van der Waals surface area contributed by atoms with E-state index in [4.69, 9.17) is 4.74 Å². The van der Waals surface area contributed by atoms with Crippen LogP contribution < -0.4 is 10.6 Å². The van der Waals surface area contributed by atoms with Crippen molar-refractivity contribution in [2.24, 2.45) is 5.41 Å². The third-order valence-electron chi connectivity index (χ3n) is 4.86. The Hall–Kier alpha value is -1.74. The summed E-state index contributed by atoms with van der Waals surface area (Å²) in [5, 5.41) is 8.79. The maximum Gasteiger partial charge on any atom is 0.261 e. The number of carbonyl (C=O) groups excluding carboxylic acids is 2. The molecule has 1 atom stereocenters. The number of morpholine rings is 1. The highest BCUT2D eigenvalue weighted by atomic mass is 32.1. The van der Waals surface area contributed by atoms with Gasteiger partial charge < -0.3 is 15.4 Å². The monoisotopic (exact) mass is 435 g/mol. The van der Waals surface area contributed by atoms with Crippen LogP contribution >= 0.6 is 22.7 Å². The first kappa shape index (κ1) is 22.0. The molecule has 3 heterocycles. The minimum atomic E-state index is -0.480. The molecule has 1 saturated heterocycles. The van der Waals surface area contributed by atoms with Crippen LogP contribution in [0.3, 0.4) is 0 Å². The van der Waals surface area contributed by atoms with Crippen LogP contribution in [0.1, 0.15) is 46.9 Å². The second-order valence-electron chi connectivity index (χ2n) is 8.22. The number of nitrogens with zero attached hydrogens (tertiary/aromatic N) is 1. The molecule has 2 N–H and O–H groups in total. The van der Waals surface area contributed by atoms with Crippen LogP contribution in [0.25, 0.3) is 0 Å². The van der Waals surface area contributed by atoms with Crippen molar-refractivity contribution in [1.29, 1.82) is 0 Å². The average Bonchev–Trinajstić information content (AvgIpc) is 3.32. The van der Waals surface area contributed by atoms with Crippen molar-refractivity contribution in [2.75, 3.05) is 38.2 Å². The molecule has 1 fully saturated rings. The highest BCUT2D eigenvalue weighted by Gasteiger charge is 2.26. The number of hydrogen-bond donors (Lipinski definition) is 2. The van der Waals surface area contributed by atoms with Gasteiger partial charge in [0.05, 0.1) is 29.1 Å². The number of carbonyl (C=O) groups is 2. The fraction of sp³-hybridized carbons (Fsp3) is 0.524. The summed E-state index contributed by atoms with van der Waals surface area (Å²) in [6, 6.07) is 6.17. The van der Waals surface area contributed by atoms with E-state index < -0.39 is 5.41 Å². The first-order valence-corrected chi connectivity index (χ1v) is 11.5. The lowest BCUT2D eigenvalue weighted by atomic mass is 9.96. The molecule has 1 unspecified atom stereocenters. The first-order chi connectivity index (χ1) is 13.8. The van der Waals surface area contributed by atoms with Crippen molar-refractivity contribution in [3.8, 4) is 0 Å². The van der Waals surface area contributed by atoms with E-state index >= 15 is 0 Å². The van der Waals surface area contributed by atoms with Crippen molar-refractivity contribution in [3.63, 3.8) is 0 Å². The van der Waals surface area contributed by atoms with Gasteiger partial charge >= 0.3 is 0 Å². The van der Waals surface area contributed by atoms with Gasteiger partial charge in [-0.25, -0.2) is 0 Å². The third kappa shape index (κ3) is 5.66. The fourth-order valence-electron chi connectivity index (χ4n) is 3.12. The molecule has 0 spiro atoms. The van der Waals surface area contributed by atoms with Gasteiger partial charge in [0.1, 0.15) is 0 Å². The van der Waals surface area contributed by atoms with E-state index in [0.29, 0.717) is 16.4 Å². The maximum absolute atomic E-state index is 12.9. The molecule has 1 aliphatic rings. The predicted molar refractivity (Wildman–Crippen MR) is 119 cm³/mol. The van der Waals surface area contributed by atoms with E-state index in [9.17, 15) is 9.59 Å². The van der Waals surface area contributed by atoms with Gasteiger partial charge in [-0.1, -0.05) is 26.8 Å². The Labute approximate surface area is 180 Å². The van der Waals surface area contributed by atoms with Crippen LogP contribution in [0.4, 0.5) is 5.00 Å². The lowest BCUT2D eigenvalue weighted by Gasteiger charge is -2.34. The summed E-state index contributed by atoms with van der Waals surface area (Å²) in [4.78, 5) is 29.3. The third-order valence-corrected chi connectivity index (χ3v) is 6.98. The van der Waals surface area contributed by atoms with Gasteiger partial charge in [0.2, 0.25) is 5.91 Å². The molecule has 2 aromatic heterocycles. The van der Waals surface area contributed by atoms with E-state index in [1.807, 2.05) is 39.8 Å². The molecule has 29 heavy (non-hydrogen) atoms. The zero-order valence-electron chi connectivity index (χ0n) is 17.4. The van der Waals surface area contributed by atoms with Gasteiger partial charge in [-0.05, 0) is 30.0 Å². The van der Waals surface area contributed by atoms with E-state index in [2.05, 4.69) is 27.0 Å². The summed E-state index contributed by atoms with van der Waals surface area (Å²) in [6.07, 6.45) is 0. The number of anilines is 1. The number of ether oxygens (including phenoxy) is 1. The summed E-state index contributed by atoms with van der Waals surface area (Å²) < 4.78 is 5.48. The lowest BCUT2D eigenvalue weighted by molar-refractivity contribution is -0.123. The highest BCUT2D eigenvalue weighted by molar-refractivity contribution is 7.18. The van der Waals surface area contributed by atoms with E-state index in [0.717, 1.165) is 31.9 Å². The summed E-state index contributed by atoms with van der Waals surface area (Å²) >= 11 is 3.03. The van der Waals surface area contributed by atoms with Crippen LogP contribution in [0.2, 0.25) is 0 Å². The molecule has 0 aliphatic carbocycles. The van der Waals surface area contributed by atoms with Gasteiger partial charge in [0, 0.05) is 29.9 Å². The Balaban J connectivity index is 1.66. The number of nitrogens with one attached hydrogen (secondary N) is 2. The van der Waals surface area contributed by atoms with Gasteiger partial charge in [0.15, 0.2) is 0 Å². The van der Waals surface area contributed by atoms with Crippen LogP contribution in [-0.2, 0) is 9.53 Å². The summed E-state index contributed by atoms with van der Waals surface area (Å²) in [5.74, 6) is -0.158. The second-order valence-corrected chi connectivity index (χ2v) is 10.2. The predicted octanol–water partition coefficient (Wildman–Crippen LogP) is 3.91. The zero-order valence-corrected chi connectivity index (χ0v) is 19.0. The quantitative estimate of drug-likeness (QED) is 0.722. The van der Waals surface area contributed by atoms with Gasteiger partial charge in [-0.2, -0.15) is 0 Å². The molecule has 158 valence electrons. The minimum absolute atomic E-state index is 0.0595. The smallest absolute Gasteiger partial charge is 0.261 e. The van der Waals surface area contributed by atoms with Crippen molar-refractivity contribution in [3.05, 3.63) is 38.9 Å². The fourth-order valence-corrected chi connectivity index (χ4v) is 4.96. The second kappa shape index (κ2) is 9.38. The molecule has 6 nitrogen and oxygen atoms in total. The van der Waals surface area contributed by atoms with Crippen molar-refractivity contribution >= 4 is 39.5 Å². The summed E-state index contributed by atoms with van der Waals surface area (Å²) in [7, 11) is 0. The molecule has 0 radical (unpaired) electrons. The molecule has 8 heteroatoms. The van der Waals surface area contributed by atoms with Crippen LogP contribution in [-0.4, -0.2) is 49.6 Å². The summed E-state index contributed by atoms with van der Waals surface area (Å²) in [5.41, 5.74) is 0.391. The number of thiophene rings is 2. The molecule has 3 rings (SSSR count). The van der Waals surface area contributed by atoms with Crippen molar-refractivity contribution in [2.45, 2.75) is 33.7 Å². The highest BCUT2D eigenvalue weighted by Crippen LogP contribution is 2.29. The molecule has 0 aromatic carbocycles. The number of hydrogen-bond acceptors (Lipinski definition) is 6. The first-order valence-electron chi connectivity index (χ1n) is 9.81. The Bertz CT molecular complexity index is 834. The molecule has 0 saturated carbocycles. The van der Waals surface area contributed by atoms with Crippen molar-refractivity contribution in [1.82, 2.24) is 10.2 Å². The molecule has 0 bridgehead atoms. The standard InChI is InChI=1S/C21H29N3O3S2/c1-14-12-17(23-20(26)21(2,3)4)29-18(14)19(25)22-13-15(16-6-5-11-28-16)24-7-9-27-10-8-24/h5-6,11-12,15H,7-10,13H2,1-4H3,(H,22,25)(H,23,26). The topological polar surface area (TPSA) is 70.7 Å². The van der Waals surface area contributed by atoms with Crippen LogP contribution in [0.15, 0.2) is 23.6 Å². The number of amides is 2. The zero-order chi connectivity index (χ0) is 21.0. The van der Waals surface area contributed by atoms with E-state index in [1.54, 1.807) is 11.3 Å².